The molecule has 0 amide bonds. The third-order valence-corrected chi connectivity index (χ3v) is 5.13. The number of anilines is 1. The summed E-state index contributed by atoms with van der Waals surface area (Å²) in [6.45, 7) is 0. The number of phenols is 1. The van der Waals surface area contributed by atoms with Crippen molar-refractivity contribution in [2.75, 3.05) is 12.4 Å². The van der Waals surface area contributed by atoms with Crippen molar-refractivity contribution in [3.63, 3.8) is 0 Å². The molecule has 144 valence electrons. The number of aromatic hydroxyl groups is 1. The van der Waals surface area contributed by atoms with E-state index in [0.29, 0.717) is 11.4 Å². The number of hydrogen-bond donors (Lipinski definition) is 2. The van der Waals surface area contributed by atoms with Crippen LogP contribution in [-0.2, 0) is 0 Å². The molecule has 0 spiro atoms. The molecular weight excluding hydrogens is 372 g/mol. The second kappa shape index (κ2) is 6.23. The van der Waals surface area contributed by atoms with Gasteiger partial charge in [0.05, 0.1) is 34.7 Å². The minimum Gasteiger partial charge on any atom is -0.504 e. The predicted octanol–water partition coefficient (Wildman–Crippen LogP) is 4.30. The van der Waals surface area contributed by atoms with Gasteiger partial charge in [-0.2, -0.15) is 0 Å². The summed E-state index contributed by atoms with van der Waals surface area (Å²) in [6, 6.07) is 18.0. The Hall–Kier alpha value is -4.07. The van der Waals surface area contributed by atoms with Crippen LogP contribution in [0, 0.1) is 10.1 Å². The smallest absolute Gasteiger partial charge is 0.280 e. The van der Waals surface area contributed by atoms with Crippen LogP contribution in [0.5, 0.6) is 11.5 Å². The number of imidazole rings is 1. The SMILES string of the molecule is COc1cc([C@@H]2Nc3ccccc3-c3nc4ccccc4n32)c([N+](=O)[O-])cc1O. The maximum atomic E-state index is 11.8. The van der Waals surface area contributed by atoms with Crippen molar-refractivity contribution in [1.82, 2.24) is 9.55 Å². The summed E-state index contributed by atoms with van der Waals surface area (Å²) in [5, 5.41) is 25.3. The number of benzene rings is 3. The molecule has 8 nitrogen and oxygen atoms in total. The van der Waals surface area contributed by atoms with Gasteiger partial charge in [-0.1, -0.05) is 24.3 Å². The van der Waals surface area contributed by atoms with Gasteiger partial charge in [0.1, 0.15) is 12.0 Å². The normalized spacial score (nSPS) is 14.7. The van der Waals surface area contributed by atoms with Gasteiger partial charge in [-0.15, -0.1) is 0 Å². The second-order valence-corrected chi connectivity index (χ2v) is 6.73. The van der Waals surface area contributed by atoms with Crippen molar-refractivity contribution in [3.05, 3.63) is 76.3 Å². The standard InChI is InChI=1S/C21H16N4O4/c1-29-19-10-13(17(25(27)28)11-18(19)26)21-22-14-7-3-2-6-12(14)20-23-15-8-4-5-9-16(15)24(20)21/h2-11,21-22,26H,1H3/t21-/m1/s1. The Balaban J connectivity index is 1.84. The highest BCUT2D eigenvalue weighted by Crippen LogP contribution is 2.44. The molecule has 8 heteroatoms. The molecule has 5 rings (SSSR count). The maximum Gasteiger partial charge on any atom is 0.280 e. The summed E-state index contributed by atoms with van der Waals surface area (Å²) in [5.74, 6) is 0.596. The van der Waals surface area contributed by atoms with Crippen LogP contribution in [0.2, 0.25) is 0 Å². The largest absolute Gasteiger partial charge is 0.504 e. The molecular formula is C21H16N4O4. The van der Waals surface area contributed by atoms with Crippen molar-refractivity contribution in [2.24, 2.45) is 0 Å². The van der Waals surface area contributed by atoms with Crippen LogP contribution in [0.25, 0.3) is 22.4 Å². The van der Waals surface area contributed by atoms with Crippen molar-refractivity contribution >= 4 is 22.4 Å². The Labute approximate surface area is 165 Å². The van der Waals surface area contributed by atoms with Crippen LogP contribution in [0.15, 0.2) is 60.7 Å². The van der Waals surface area contributed by atoms with Gasteiger partial charge < -0.3 is 15.2 Å². The molecule has 0 radical (unpaired) electrons. The number of nitrogens with zero attached hydrogens (tertiary/aromatic N) is 3. The lowest BCUT2D eigenvalue weighted by molar-refractivity contribution is -0.385. The summed E-state index contributed by atoms with van der Waals surface area (Å²) >= 11 is 0. The first-order chi connectivity index (χ1) is 14.1. The Morgan fingerprint density at radius 3 is 2.72 bits per heavy atom. The third kappa shape index (κ3) is 2.49. The highest BCUT2D eigenvalue weighted by molar-refractivity contribution is 5.87. The van der Waals surface area contributed by atoms with Crippen molar-refractivity contribution in [2.45, 2.75) is 6.17 Å². The van der Waals surface area contributed by atoms with E-state index in [1.807, 2.05) is 53.1 Å². The average molecular weight is 388 g/mol. The summed E-state index contributed by atoms with van der Waals surface area (Å²) in [5.41, 5.74) is 3.53. The number of ether oxygens (including phenoxy) is 1. The van der Waals surface area contributed by atoms with Gasteiger partial charge in [0.15, 0.2) is 11.5 Å². The molecule has 0 bridgehead atoms. The third-order valence-electron chi connectivity index (χ3n) is 5.13. The summed E-state index contributed by atoms with van der Waals surface area (Å²) < 4.78 is 7.15. The van der Waals surface area contributed by atoms with Crippen LogP contribution >= 0.6 is 0 Å². The fourth-order valence-electron chi connectivity index (χ4n) is 3.84. The Bertz CT molecular complexity index is 1280. The number of hydrogen-bond acceptors (Lipinski definition) is 6. The van der Waals surface area contributed by atoms with E-state index in [0.717, 1.165) is 28.4 Å². The average Bonchev–Trinajstić information content (AvgIpc) is 3.13. The van der Waals surface area contributed by atoms with E-state index in [1.165, 1.54) is 13.2 Å². The number of rotatable bonds is 3. The van der Waals surface area contributed by atoms with Gasteiger partial charge in [-0.05, 0) is 30.3 Å². The zero-order valence-corrected chi connectivity index (χ0v) is 15.4. The molecule has 1 aliphatic rings. The molecule has 4 aromatic rings. The first kappa shape index (κ1) is 17.1. The number of nitrogens with one attached hydrogen (secondary N) is 1. The van der Waals surface area contributed by atoms with E-state index in [2.05, 4.69) is 5.32 Å². The molecule has 1 atom stereocenters. The van der Waals surface area contributed by atoms with Gasteiger partial charge in [0.2, 0.25) is 0 Å². The summed E-state index contributed by atoms with van der Waals surface area (Å²) in [6.07, 6.45) is -0.609. The number of fused-ring (bicyclic) bond motifs is 5. The molecule has 2 N–H and O–H groups in total. The molecule has 0 saturated heterocycles. The molecule has 0 aliphatic carbocycles. The maximum absolute atomic E-state index is 11.8. The minimum atomic E-state index is -0.609. The summed E-state index contributed by atoms with van der Waals surface area (Å²) in [4.78, 5) is 16.0. The first-order valence-corrected chi connectivity index (χ1v) is 8.96. The number of nitro groups is 1. The van der Waals surface area contributed by atoms with E-state index < -0.39 is 11.1 Å². The molecule has 0 unspecified atom stereocenters. The zero-order valence-electron chi connectivity index (χ0n) is 15.4. The van der Waals surface area contributed by atoms with Crippen LogP contribution in [0.1, 0.15) is 11.7 Å². The Kier molecular flexibility index (Phi) is 3.67. The van der Waals surface area contributed by atoms with Crippen molar-refractivity contribution in [3.8, 4) is 22.9 Å². The molecule has 29 heavy (non-hydrogen) atoms. The number of methoxy groups -OCH3 is 1. The Morgan fingerprint density at radius 2 is 1.93 bits per heavy atom. The molecule has 1 aliphatic heterocycles. The molecule has 0 fully saturated rings. The van der Waals surface area contributed by atoms with E-state index in [-0.39, 0.29) is 17.2 Å². The number of aromatic nitrogens is 2. The fraction of sp³-hybridized carbons (Fsp3) is 0.0952. The summed E-state index contributed by atoms with van der Waals surface area (Å²) in [7, 11) is 1.41. The van der Waals surface area contributed by atoms with Crippen molar-refractivity contribution < 1.29 is 14.8 Å². The molecule has 2 heterocycles. The highest BCUT2D eigenvalue weighted by Gasteiger charge is 2.33. The van der Waals surface area contributed by atoms with E-state index in [1.54, 1.807) is 0 Å². The van der Waals surface area contributed by atoms with Crippen LogP contribution < -0.4 is 10.1 Å². The fourth-order valence-corrected chi connectivity index (χ4v) is 3.84. The molecule has 3 aromatic carbocycles. The molecule has 0 saturated carbocycles. The molecule has 1 aromatic heterocycles. The quantitative estimate of drug-likeness (QED) is 0.401. The number of nitro benzene ring substituents is 1. The first-order valence-electron chi connectivity index (χ1n) is 8.96. The van der Waals surface area contributed by atoms with Gasteiger partial charge in [-0.25, -0.2) is 4.98 Å². The predicted molar refractivity (Wildman–Crippen MR) is 108 cm³/mol. The highest BCUT2D eigenvalue weighted by atomic mass is 16.6. The zero-order chi connectivity index (χ0) is 20.1. The second-order valence-electron chi connectivity index (χ2n) is 6.73. The van der Waals surface area contributed by atoms with Crippen LogP contribution in [0.4, 0.5) is 11.4 Å². The number of phenolic OH excluding ortho intramolecular Hbond substituents is 1. The van der Waals surface area contributed by atoms with Crippen LogP contribution in [-0.4, -0.2) is 26.7 Å². The van der Waals surface area contributed by atoms with Gasteiger partial charge in [-0.3, -0.25) is 14.7 Å². The Morgan fingerprint density at radius 1 is 1.17 bits per heavy atom. The monoisotopic (exact) mass is 388 g/mol. The topological polar surface area (TPSA) is 102 Å². The lowest BCUT2D eigenvalue weighted by Crippen LogP contribution is -2.25. The van der Waals surface area contributed by atoms with E-state index in [9.17, 15) is 15.2 Å². The number of para-hydroxylation sites is 3. The van der Waals surface area contributed by atoms with Gasteiger partial charge >= 0.3 is 0 Å². The van der Waals surface area contributed by atoms with Crippen LogP contribution in [0.3, 0.4) is 0 Å². The lowest BCUT2D eigenvalue weighted by Gasteiger charge is -2.30. The van der Waals surface area contributed by atoms with Gasteiger partial charge in [0.25, 0.3) is 5.69 Å². The minimum absolute atomic E-state index is 0.164. The lowest BCUT2D eigenvalue weighted by atomic mass is 10.0. The van der Waals surface area contributed by atoms with E-state index in [4.69, 9.17) is 9.72 Å². The van der Waals surface area contributed by atoms with Crippen molar-refractivity contribution in [1.29, 1.82) is 0 Å². The van der Waals surface area contributed by atoms with Gasteiger partial charge in [0, 0.05) is 11.3 Å². The van der Waals surface area contributed by atoms with E-state index >= 15 is 0 Å².